The summed E-state index contributed by atoms with van der Waals surface area (Å²) in [6.07, 6.45) is 0.447. The van der Waals surface area contributed by atoms with Crippen LogP contribution in [-0.2, 0) is 11.2 Å². The molecule has 0 radical (unpaired) electrons. The van der Waals surface area contributed by atoms with E-state index in [1.807, 2.05) is 18.2 Å². The smallest absolute Gasteiger partial charge is 0.344 e. The number of hydrogen-bond donors (Lipinski definition) is 1. The Morgan fingerprint density at radius 1 is 1.09 bits per heavy atom. The average molecular weight is 313 g/mol. The predicted molar refractivity (Wildman–Crippen MR) is 87.1 cm³/mol. The molecule has 3 rings (SSSR count). The van der Waals surface area contributed by atoms with Gasteiger partial charge in [-0.05, 0) is 36.2 Å². The van der Waals surface area contributed by atoms with Crippen molar-refractivity contribution in [1.29, 1.82) is 0 Å². The highest BCUT2D eigenvalue weighted by molar-refractivity contribution is 5.98. The zero-order chi connectivity index (χ0) is 16.4. The highest BCUT2D eigenvalue weighted by atomic mass is 16.6. The summed E-state index contributed by atoms with van der Waals surface area (Å²) >= 11 is 0. The molecular weight excluding hydrogens is 294 g/mol. The van der Waals surface area contributed by atoms with Gasteiger partial charge in [0.25, 0.3) is 0 Å². The Morgan fingerprint density at radius 2 is 1.83 bits per heavy atom. The van der Waals surface area contributed by atoms with E-state index in [-0.39, 0.29) is 0 Å². The quantitative estimate of drug-likeness (QED) is 0.856. The van der Waals surface area contributed by atoms with Crippen molar-refractivity contribution in [3.63, 3.8) is 0 Å². The van der Waals surface area contributed by atoms with Gasteiger partial charge in [0, 0.05) is 11.3 Å². The summed E-state index contributed by atoms with van der Waals surface area (Å²) in [5.74, 6) is 0.496. The third-order valence-electron chi connectivity index (χ3n) is 3.95. The van der Waals surface area contributed by atoms with Crippen molar-refractivity contribution in [3.05, 3.63) is 53.1 Å². The SMILES string of the molecule is CCc1ccc(N[C@H]2OC(=O)c3c2ccc(OC)c3OC)cc1. The van der Waals surface area contributed by atoms with Gasteiger partial charge in [0.1, 0.15) is 5.56 Å². The lowest BCUT2D eigenvalue weighted by atomic mass is 10.1. The van der Waals surface area contributed by atoms with E-state index >= 15 is 0 Å². The first-order valence-corrected chi connectivity index (χ1v) is 7.49. The van der Waals surface area contributed by atoms with Crippen molar-refractivity contribution in [2.45, 2.75) is 19.6 Å². The predicted octanol–water partition coefficient (Wildman–Crippen LogP) is 3.55. The van der Waals surface area contributed by atoms with Gasteiger partial charge in [-0.3, -0.25) is 0 Å². The van der Waals surface area contributed by atoms with Crippen molar-refractivity contribution in [1.82, 2.24) is 0 Å². The fourth-order valence-corrected chi connectivity index (χ4v) is 2.70. The van der Waals surface area contributed by atoms with E-state index in [0.29, 0.717) is 17.1 Å². The molecule has 1 N–H and O–H groups in total. The standard InChI is InChI=1S/C18H19NO4/c1-4-11-5-7-12(8-6-11)19-17-13-9-10-14(21-2)16(22-3)15(13)18(20)23-17/h5-10,17,19H,4H2,1-3H3/t17-/m0/s1. The number of anilines is 1. The summed E-state index contributed by atoms with van der Waals surface area (Å²) in [4.78, 5) is 12.2. The molecule has 0 saturated carbocycles. The van der Waals surface area contributed by atoms with Gasteiger partial charge in [-0.2, -0.15) is 0 Å². The number of nitrogens with one attached hydrogen (secondary N) is 1. The fraction of sp³-hybridized carbons (Fsp3) is 0.278. The summed E-state index contributed by atoms with van der Waals surface area (Å²) in [6.45, 7) is 2.11. The van der Waals surface area contributed by atoms with Gasteiger partial charge in [-0.1, -0.05) is 19.1 Å². The number of esters is 1. The maximum Gasteiger partial charge on any atom is 0.344 e. The van der Waals surface area contributed by atoms with Crippen molar-refractivity contribution in [2.75, 3.05) is 19.5 Å². The van der Waals surface area contributed by atoms with Gasteiger partial charge < -0.3 is 19.5 Å². The Labute approximate surface area is 135 Å². The lowest BCUT2D eigenvalue weighted by molar-refractivity contribution is 0.0435. The van der Waals surface area contributed by atoms with E-state index in [1.54, 1.807) is 6.07 Å². The fourth-order valence-electron chi connectivity index (χ4n) is 2.70. The van der Waals surface area contributed by atoms with Crippen molar-refractivity contribution >= 4 is 11.7 Å². The molecule has 1 atom stereocenters. The second-order valence-corrected chi connectivity index (χ2v) is 5.25. The number of hydrogen-bond acceptors (Lipinski definition) is 5. The van der Waals surface area contributed by atoms with Crippen LogP contribution in [0.25, 0.3) is 0 Å². The Balaban J connectivity index is 1.92. The Morgan fingerprint density at radius 3 is 2.43 bits per heavy atom. The summed E-state index contributed by atoms with van der Waals surface area (Å²) in [6, 6.07) is 11.6. The topological polar surface area (TPSA) is 56.8 Å². The minimum absolute atomic E-state index is 0.403. The molecule has 0 aromatic heterocycles. The van der Waals surface area contributed by atoms with Crippen LogP contribution in [0.3, 0.4) is 0 Å². The number of cyclic esters (lactones) is 1. The number of carbonyl (C=O) groups is 1. The molecule has 0 saturated heterocycles. The number of fused-ring (bicyclic) bond motifs is 1. The van der Waals surface area contributed by atoms with Crippen LogP contribution in [-0.4, -0.2) is 20.2 Å². The largest absolute Gasteiger partial charge is 0.493 e. The molecule has 120 valence electrons. The van der Waals surface area contributed by atoms with Crippen molar-refractivity contribution < 1.29 is 19.0 Å². The molecule has 0 bridgehead atoms. The van der Waals surface area contributed by atoms with Crippen LogP contribution in [0, 0.1) is 0 Å². The number of methoxy groups -OCH3 is 2. The van der Waals surface area contributed by atoms with Gasteiger partial charge in [0.05, 0.1) is 14.2 Å². The first kappa shape index (κ1) is 15.2. The molecule has 0 amide bonds. The second-order valence-electron chi connectivity index (χ2n) is 5.25. The summed E-state index contributed by atoms with van der Waals surface area (Å²) in [5.41, 5.74) is 3.30. The molecule has 5 nitrogen and oxygen atoms in total. The summed E-state index contributed by atoms with van der Waals surface area (Å²) in [5, 5.41) is 3.23. The van der Waals surface area contributed by atoms with Gasteiger partial charge in [0.2, 0.25) is 6.23 Å². The van der Waals surface area contributed by atoms with Crippen LogP contribution in [0.4, 0.5) is 5.69 Å². The molecule has 2 aromatic rings. The van der Waals surface area contributed by atoms with Gasteiger partial charge in [-0.15, -0.1) is 0 Å². The zero-order valence-corrected chi connectivity index (χ0v) is 13.4. The van der Waals surface area contributed by atoms with E-state index in [1.165, 1.54) is 19.8 Å². The first-order chi connectivity index (χ1) is 11.2. The highest BCUT2D eigenvalue weighted by Crippen LogP contribution is 2.41. The zero-order valence-electron chi connectivity index (χ0n) is 13.4. The number of carbonyl (C=O) groups excluding carboxylic acids is 1. The molecule has 0 unspecified atom stereocenters. The van der Waals surface area contributed by atoms with Crippen LogP contribution in [0.1, 0.15) is 34.6 Å². The molecule has 1 heterocycles. The molecule has 1 aliphatic heterocycles. The first-order valence-electron chi connectivity index (χ1n) is 7.49. The van der Waals surface area contributed by atoms with E-state index < -0.39 is 12.2 Å². The number of benzene rings is 2. The molecule has 1 aliphatic rings. The Hall–Kier alpha value is -2.69. The monoisotopic (exact) mass is 313 g/mol. The van der Waals surface area contributed by atoms with Crippen LogP contribution in [0.5, 0.6) is 11.5 Å². The van der Waals surface area contributed by atoms with Crippen molar-refractivity contribution in [3.8, 4) is 11.5 Å². The lowest BCUT2D eigenvalue weighted by Gasteiger charge is -2.15. The molecule has 0 fully saturated rings. The number of rotatable bonds is 5. The Kier molecular flexibility index (Phi) is 4.10. The van der Waals surface area contributed by atoms with Gasteiger partial charge >= 0.3 is 5.97 Å². The summed E-state index contributed by atoms with van der Waals surface area (Å²) < 4.78 is 16.0. The van der Waals surface area contributed by atoms with E-state index in [0.717, 1.165) is 17.7 Å². The molecule has 0 aliphatic carbocycles. The minimum atomic E-state index is -0.537. The normalized spacial score (nSPS) is 15.8. The molecule has 23 heavy (non-hydrogen) atoms. The molecule has 0 spiro atoms. The van der Waals surface area contributed by atoms with Crippen LogP contribution in [0.15, 0.2) is 36.4 Å². The molecular formula is C18H19NO4. The van der Waals surface area contributed by atoms with E-state index in [9.17, 15) is 4.79 Å². The van der Waals surface area contributed by atoms with Gasteiger partial charge in [-0.25, -0.2) is 4.79 Å². The van der Waals surface area contributed by atoms with E-state index in [2.05, 4.69) is 24.4 Å². The van der Waals surface area contributed by atoms with E-state index in [4.69, 9.17) is 14.2 Å². The maximum absolute atomic E-state index is 12.2. The van der Waals surface area contributed by atoms with Crippen LogP contribution in [0.2, 0.25) is 0 Å². The molecule has 2 aromatic carbocycles. The third-order valence-corrected chi connectivity index (χ3v) is 3.95. The minimum Gasteiger partial charge on any atom is -0.493 e. The summed E-state index contributed by atoms with van der Waals surface area (Å²) in [7, 11) is 3.05. The lowest BCUT2D eigenvalue weighted by Crippen LogP contribution is -2.10. The average Bonchev–Trinajstić information content (AvgIpc) is 2.90. The maximum atomic E-state index is 12.2. The van der Waals surface area contributed by atoms with Crippen LogP contribution >= 0.6 is 0 Å². The van der Waals surface area contributed by atoms with Crippen molar-refractivity contribution in [2.24, 2.45) is 0 Å². The van der Waals surface area contributed by atoms with Gasteiger partial charge in [0.15, 0.2) is 11.5 Å². The molecule has 5 heteroatoms. The van der Waals surface area contributed by atoms with Crippen LogP contribution < -0.4 is 14.8 Å². The Bertz CT molecular complexity index is 725. The third kappa shape index (κ3) is 2.70. The second kappa shape index (κ2) is 6.20. The number of aryl methyl sites for hydroxylation is 1. The number of ether oxygens (including phenoxy) is 3. The highest BCUT2D eigenvalue weighted by Gasteiger charge is 2.35.